The van der Waals surface area contributed by atoms with Crippen LogP contribution < -0.4 is 4.72 Å². The van der Waals surface area contributed by atoms with Crippen molar-refractivity contribution in [2.75, 3.05) is 19.6 Å². The van der Waals surface area contributed by atoms with Gasteiger partial charge in [0.25, 0.3) is 15.9 Å². The second kappa shape index (κ2) is 10.1. The maximum Gasteiger partial charge on any atom is 0.272 e. The molecule has 0 saturated carbocycles. The highest BCUT2D eigenvalue weighted by Crippen LogP contribution is 2.24. The number of pyridine rings is 2. The van der Waals surface area contributed by atoms with E-state index in [0.717, 1.165) is 5.39 Å². The molecule has 2 atom stereocenters. The molecule has 1 aliphatic heterocycles. The number of hydrogen-bond donors (Lipinski definition) is 1. The molecule has 2 aromatic heterocycles. The van der Waals surface area contributed by atoms with Gasteiger partial charge in [-0.3, -0.25) is 24.3 Å². The van der Waals surface area contributed by atoms with Crippen molar-refractivity contribution in [3.63, 3.8) is 0 Å². The molecule has 2 amide bonds. The molecule has 190 valence electrons. The van der Waals surface area contributed by atoms with Gasteiger partial charge in [0, 0.05) is 49.2 Å². The molecule has 37 heavy (non-hydrogen) atoms. The summed E-state index contributed by atoms with van der Waals surface area (Å²) in [5, 5.41) is 0.736. The van der Waals surface area contributed by atoms with Crippen LogP contribution in [0.3, 0.4) is 0 Å². The minimum atomic E-state index is -3.86. The first kappa shape index (κ1) is 24.6. The number of amides is 2. The van der Waals surface area contributed by atoms with Crippen LogP contribution in [0, 0.1) is 5.92 Å². The minimum absolute atomic E-state index is 0.0369. The van der Waals surface area contributed by atoms with E-state index >= 15 is 0 Å². The lowest BCUT2D eigenvalue weighted by molar-refractivity contribution is -0.138. The molecule has 1 aromatic carbocycles. The number of fused-ring (bicyclic) bond motifs is 1. The Morgan fingerprint density at radius 3 is 2.54 bits per heavy atom. The van der Waals surface area contributed by atoms with Gasteiger partial charge in [0.2, 0.25) is 5.91 Å². The zero-order chi connectivity index (χ0) is 26.0. The summed E-state index contributed by atoms with van der Waals surface area (Å²) < 4.78 is 28.8. The highest BCUT2D eigenvalue weighted by atomic mass is 32.2. The number of piperazine rings is 1. The molecule has 1 unspecified atom stereocenters. The molecule has 0 spiro atoms. The molecule has 1 saturated heterocycles. The first-order valence-corrected chi connectivity index (χ1v) is 13.6. The van der Waals surface area contributed by atoms with E-state index in [2.05, 4.69) is 14.7 Å². The van der Waals surface area contributed by atoms with Crippen molar-refractivity contribution in [1.29, 1.82) is 0 Å². The van der Waals surface area contributed by atoms with Gasteiger partial charge in [-0.1, -0.05) is 36.4 Å². The SMILES string of the molecule is C[C@@H]1CN(C(=O)c2ccccn2)CCN1C(=O)C1C=CC(NS(=O)(=O)c2cccc3cccnc23)=CC1. The fourth-order valence-corrected chi connectivity index (χ4v) is 5.97. The summed E-state index contributed by atoms with van der Waals surface area (Å²) in [6.07, 6.45) is 8.62. The Balaban J connectivity index is 1.21. The van der Waals surface area contributed by atoms with Crippen molar-refractivity contribution in [3.8, 4) is 0 Å². The van der Waals surface area contributed by atoms with Gasteiger partial charge in [0.05, 0.1) is 11.4 Å². The average molecular weight is 518 g/mol. The Kier molecular flexibility index (Phi) is 6.75. The number of carbonyl (C=O) groups is 2. The smallest absolute Gasteiger partial charge is 0.272 e. The van der Waals surface area contributed by atoms with E-state index in [1.807, 2.05) is 19.1 Å². The van der Waals surface area contributed by atoms with Crippen molar-refractivity contribution in [3.05, 3.63) is 90.5 Å². The van der Waals surface area contributed by atoms with Crippen molar-refractivity contribution in [1.82, 2.24) is 24.5 Å². The highest BCUT2D eigenvalue weighted by molar-refractivity contribution is 7.89. The Labute approximate surface area is 215 Å². The third-order valence-corrected chi connectivity index (χ3v) is 8.05. The van der Waals surface area contributed by atoms with Crippen LogP contribution in [0.2, 0.25) is 0 Å². The fraction of sp³-hybridized carbons (Fsp3) is 0.259. The van der Waals surface area contributed by atoms with Crippen molar-refractivity contribution in [2.24, 2.45) is 5.92 Å². The zero-order valence-corrected chi connectivity index (χ0v) is 21.1. The van der Waals surface area contributed by atoms with Crippen LogP contribution in [-0.2, 0) is 14.8 Å². The molecule has 10 heteroatoms. The van der Waals surface area contributed by atoms with E-state index < -0.39 is 15.9 Å². The van der Waals surface area contributed by atoms with E-state index in [1.165, 1.54) is 6.07 Å². The summed E-state index contributed by atoms with van der Waals surface area (Å²) >= 11 is 0. The van der Waals surface area contributed by atoms with E-state index in [1.54, 1.807) is 70.8 Å². The molecule has 3 aromatic rings. The first-order valence-electron chi connectivity index (χ1n) is 12.1. The molecule has 1 aliphatic carbocycles. The molecule has 3 heterocycles. The van der Waals surface area contributed by atoms with Gasteiger partial charge in [-0.05, 0) is 43.7 Å². The Morgan fingerprint density at radius 1 is 1.00 bits per heavy atom. The topological polar surface area (TPSA) is 113 Å². The number of nitrogens with zero attached hydrogens (tertiary/aromatic N) is 4. The second-order valence-corrected chi connectivity index (χ2v) is 10.8. The monoisotopic (exact) mass is 517 g/mol. The van der Waals surface area contributed by atoms with Gasteiger partial charge >= 0.3 is 0 Å². The van der Waals surface area contributed by atoms with Crippen molar-refractivity contribution >= 4 is 32.7 Å². The number of benzene rings is 1. The second-order valence-electron chi connectivity index (χ2n) is 9.14. The maximum absolute atomic E-state index is 13.3. The standard InChI is InChI=1S/C27H27N5O4S/c1-19-18-31(27(34)23-8-2-3-14-28-23)16-17-32(19)26(33)21-10-12-22(13-11-21)30-37(35,36)24-9-4-6-20-7-5-15-29-25(20)24/h2-10,12-15,19,21,30H,11,16-18H2,1H3/t19-,21?/m1/s1. The fourth-order valence-electron chi connectivity index (χ4n) is 4.72. The van der Waals surface area contributed by atoms with Crippen LogP contribution >= 0.6 is 0 Å². The Bertz CT molecular complexity index is 1500. The number of rotatable bonds is 5. The van der Waals surface area contributed by atoms with Crippen LogP contribution in [0.1, 0.15) is 23.8 Å². The molecule has 0 radical (unpaired) electrons. The lowest BCUT2D eigenvalue weighted by atomic mass is 9.96. The zero-order valence-electron chi connectivity index (χ0n) is 20.3. The lowest BCUT2D eigenvalue weighted by Crippen LogP contribution is -2.56. The minimum Gasteiger partial charge on any atom is -0.336 e. The van der Waals surface area contributed by atoms with Gasteiger partial charge < -0.3 is 9.80 Å². The van der Waals surface area contributed by atoms with Gasteiger partial charge in [-0.15, -0.1) is 0 Å². The summed E-state index contributed by atoms with van der Waals surface area (Å²) in [5.74, 6) is -0.573. The molecular weight excluding hydrogens is 490 g/mol. The summed E-state index contributed by atoms with van der Waals surface area (Å²) in [4.78, 5) is 38.0. The normalized spacial score (nSPS) is 20.0. The summed E-state index contributed by atoms with van der Waals surface area (Å²) in [7, 11) is -3.86. The number of carbonyl (C=O) groups excluding carboxylic acids is 2. The Hall–Kier alpha value is -4.05. The van der Waals surface area contributed by atoms with Gasteiger partial charge in [0.15, 0.2) is 0 Å². The van der Waals surface area contributed by atoms with E-state index in [9.17, 15) is 18.0 Å². The largest absolute Gasteiger partial charge is 0.336 e. The first-order chi connectivity index (χ1) is 17.8. The number of para-hydroxylation sites is 1. The van der Waals surface area contributed by atoms with Crippen LogP contribution in [0.15, 0.2) is 89.7 Å². The Morgan fingerprint density at radius 2 is 1.81 bits per heavy atom. The summed E-state index contributed by atoms with van der Waals surface area (Å²) in [6.45, 7) is 3.22. The molecular formula is C27H27N5O4S. The van der Waals surface area contributed by atoms with Crippen LogP contribution in [0.25, 0.3) is 10.9 Å². The van der Waals surface area contributed by atoms with Crippen molar-refractivity contribution in [2.45, 2.75) is 24.3 Å². The van der Waals surface area contributed by atoms with Crippen LogP contribution in [0.4, 0.5) is 0 Å². The van der Waals surface area contributed by atoms with Gasteiger partial charge in [-0.25, -0.2) is 8.42 Å². The predicted molar refractivity (Wildman–Crippen MR) is 139 cm³/mol. The molecule has 1 N–H and O–H groups in total. The van der Waals surface area contributed by atoms with E-state index in [4.69, 9.17) is 0 Å². The predicted octanol–water partition coefficient (Wildman–Crippen LogP) is 2.74. The highest BCUT2D eigenvalue weighted by Gasteiger charge is 2.33. The number of hydrogen-bond acceptors (Lipinski definition) is 6. The molecule has 0 bridgehead atoms. The van der Waals surface area contributed by atoms with Gasteiger partial charge in [0.1, 0.15) is 10.6 Å². The summed E-state index contributed by atoms with van der Waals surface area (Å²) in [5.41, 5.74) is 1.21. The van der Waals surface area contributed by atoms with Crippen LogP contribution in [-0.4, -0.2) is 65.7 Å². The average Bonchev–Trinajstić information content (AvgIpc) is 2.92. The lowest BCUT2D eigenvalue weighted by Gasteiger charge is -2.41. The van der Waals surface area contributed by atoms with Crippen molar-refractivity contribution < 1.29 is 18.0 Å². The van der Waals surface area contributed by atoms with Crippen LogP contribution in [0.5, 0.6) is 0 Å². The van der Waals surface area contributed by atoms with Gasteiger partial charge in [-0.2, -0.15) is 0 Å². The molecule has 5 rings (SSSR count). The van der Waals surface area contributed by atoms with E-state index in [-0.39, 0.29) is 22.8 Å². The number of nitrogens with one attached hydrogen (secondary N) is 1. The molecule has 9 nitrogen and oxygen atoms in total. The van der Waals surface area contributed by atoms with E-state index in [0.29, 0.717) is 43.0 Å². The third-order valence-electron chi connectivity index (χ3n) is 6.64. The number of aromatic nitrogens is 2. The quantitative estimate of drug-likeness (QED) is 0.557. The third kappa shape index (κ3) is 5.10. The number of allylic oxidation sites excluding steroid dienone is 2. The maximum atomic E-state index is 13.3. The molecule has 1 fully saturated rings. The molecule has 2 aliphatic rings. The summed E-state index contributed by atoms with van der Waals surface area (Å²) in [6, 6.07) is 13.7. The number of sulfonamides is 1.